The number of carbonyl (C=O) groups is 2. The maximum Gasteiger partial charge on any atom is 0.331 e. The predicted octanol–water partition coefficient (Wildman–Crippen LogP) is 5.75. The highest BCUT2D eigenvalue weighted by Gasteiger charge is 2.34. The number of esters is 2. The Hall–Kier alpha value is -0.940. The Morgan fingerprint density at radius 2 is 1.35 bits per heavy atom. The Kier molecular flexibility index (Phi) is 14.1. The number of nitrogens with zero attached hydrogens (tertiary/aromatic N) is 1. The Morgan fingerprint density at radius 3 is 1.90 bits per heavy atom. The third-order valence-electron chi connectivity index (χ3n) is 6.98. The molecule has 0 spiro atoms. The molecule has 0 aromatic carbocycles. The van der Waals surface area contributed by atoms with E-state index in [1.165, 1.54) is 83.5 Å². The van der Waals surface area contributed by atoms with E-state index in [4.69, 9.17) is 4.74 Å². The van der Waals surface area contributed by atoms with Crippen molar-refractivity contribution >= 4 is 11.9 Å². The summed E-state index contributed by atoms with van der Waals surface area (Å²) in [7, 11) is 0. The van der Waals surface area contributed by atoms with Gasteiger partial charge in [-0.1, -0.05) is 90.4 Å². The van der Waals surface area contributed by atoms with E-state index in [2.05, 4.69) is 17.1 Å². The first-order valence-electron chi connectivity index (χ1n) is 13.5. The van der Waals surface area contributed by atoms with Crippen LogP contribution in [0, 0.1) is 0 Å². The molecule has 2 saturated heterocycles. The van der Waals surface area contributed by atoms with Crippen molar-refractivity contribution in [3.63, 3.8) is 0 Å². The van der Waals surface area contributed by atoms with E-state index in [1.807, 2.05) is 0 Å². The molecule has 0 radical (unpaired) electrons. The molecule has 0 saturated carbocycles. The van der Waals surface area contributed by atoms with Crippen LogP contribution in [0.25, 0.3) is 0 Å². The number of likely N-dealkylation sites (tertiary alicyclic amines) is 1. The fourth-order valence-corrected chi connectivity index (χ4v) is 4.99. The van der Waals surface area contributed by atoms with Gasteiger partial charge in [-0.05, 0) is 51.7 Å². The van der Waals surface area contributed by atoms with E-state index < -0.39 is 0 Å². The van der Waals surface area contributed by atoms with Crippen LogP contribution in [0.2, 0.25) is 0 Å². The minimum absolute atomic E-state index is 0.215. The molecule has 2 heterocycles. The van der Waals surface area contributed by atoms with E-state index in [1.54, 1.807) is 0 Å². The number of carbonyl (C=O) groups excluding carboxylic acids is 2. The van der Waals surface area contributed by atoms with Gasteiger partial charge in [-0.15, -0.1) is 0 Å². The van der Waals surface area contributed by atoms with Crippen molar-refractivity contribution in [2.45, 2.75) is 135 Å². The van der Waals surface area contributed by atoms with E-state index in [0.717, 1.165) is 51.7 Å². The molecule has 1 unspecified atom stereocenters. The highest BCUT2D eigenvalue weighted by Crippen LogP contribution is 2.20. The van der Waals surface area contributed by atoms with E-state index in [9.17, 15) is 9.59 Å². The number of ether oxygens (including phenoxy) is 1. The fourth-order valence-electron chi connectivity index (χ4n) is 4.99. The van der Waals surface area contributed by atoms with Crippen molar-refractivity contribution in [1.82, 2.24) is 10.2 Å². The van der Waals surface area contributed by atoms with Gasteiger partial charge in [-0.3, -0.25) is 4.90 Å². The van der Waals surface area contributed by atoms with Gasteiger partial charge in [0.1, 0.15) is 12.1 Å². The second-order valence-electron chi connectivity index (χ2n) is 9.68. The van der Waals surface area contributed by atoms with Crippen molar-refractivity contribution in [3.8, 4) is 0 Å². The largest absolute Gasteiger partial charge is 0.391 e. The topological polar surface area (TPSA) is 58.6 Å². The van der Waals surface area contributed by atoms with Crippen LogP contribution in [-0.4, -0.2) is 48.6 Å². The molecule has 5 nitrogen and oxygen atoms in total. The van der Waals surface area contributed by atoms with Crippen LogP contribution in [0.1, 0.15) is 122 Å². The van der Waals surface area contributed by atoms with Crippen molar-refractivity contribution in [3.05, 3.63) is 0 Å². The van der Waals surface area contributed by atoms with Gasteiger partial charge in [0.05, 0.1) is 0 Å². The molecule has 2 aliphatic rings. The Morgan fingerprint density at radius 1 is 0.774 bits per heavy atom. The molecule has 0 bridgehead atoms. The normalized spacial score (nSPS) is 21.6. The Bertz CT molecular complexity index is 491. The molecule has 2 atom stereocenters. The number of hydrogen-bond donors (Lipinski definition) is 1. The van der Waals surface area contributed by atoms with Gasteiger partial charge >= 0.3 is 11.9 Å². The first kappa shape index (κ1) is 26.3. The molecular weight excluding hydrogens is 388 g/mol. The van der Waals surface area contributed by atoms with Gasteiger partial charge in [0.15, 0.2) is 0 Å². The summed E-state index contributed by atoms with van der Waals surface area (Å²) in [5, 5.41) is 3.10. The predicted molar refractivity (Wildman–Crippen MR) is 127 cm³/mol. The van der Waals surface area contributed by atoms with Crippen molar-refractivity contribution in [2.24, 2.45) is 0 Å². The third-order valence-corrected chi connectivity index (χ3v) is 6.98. The van der Waals surface area contributed by atoms with Crippen LogP contribution in [0.15, 0.2) is 0 Å². The van der Waals surface area contributed by atoms with Crippen molar-refractivity contribution in [2.75, 3.05) is 19.6 Å². The van der Waals surface area contributed by atoms with Gasteiger partial charge in [0.25, 0.3) is 0 Å². The average Bonchev–Trinajstić information content (AvgIpc) is 3.46. The summed E-state index contributed by atoms with van der Waals surface area (Å²) < 4.78 is 5.19. The zero-order valence-electron chi connectivity index (χ0n) is 20.2. The van der Waals surface area contributed by atoms with E-state index in [-0.39, 0.29) is 24.0 Å². The smallest absolute Gasteiger partial charge is 0.331 e. The van der Waals surface area contributed by atoms with Gasteiger partial charge in [0, 0.05) is 0 Å². The number of hydrogen-bond acceptors (Lipinski definition) is 5. The quantitative estimate of drug-likeness (QED) is 0.179. The lowest BCUT2D eigenvalue weighted by molar-refractivity contribution is -0.164. The molecule has 0 amide bonds. The number of rotatable bonds is 17. The molecule has 2 fully saturated rings. The lowest BCUT2D eigenvalue weighted by Gasteiger charge is -2.23. The summed E-state index contributed by atoms with van der Waals surface area (Å²) in [6.07, 6.45) is 22.6. The lowest BCUT2D eigenvalue weighted by atomic mass is 10.0. The summed E-state index contributed by atoms with van der Waals surface area (Å²) in [5.74, 6) is -0.715. The Labute approximate surface area is 191 Å². The molecule has 0 aromatic rings. The highest BCUT2D eigenvalue weighted by molar-refractivity contribution is 5.91. The molecule has 0 aromatic heterocycles. The Balaban J connectivity index is 1.43. The molecule has 31 heavy (non-hydrogen) atoms. The van der Waals surface area contributed by atoms with Gasteiger partial charge in [0.2, 0.25) is 0 Å². The standard InChI is InChI=1S/C26H48N2O3/c1-2-3-4-5-6-7-8-9-10-11-12-13-14-15-21-28-22-17-19-24(28)26(30)31-25(29)23-18-16-20-27-23/h23-24,27H,2-22H2,1H3/t23?,24-/m0/s1. The summed E-state index contributed by atoms with van der Waals surface area (Å²) >= 11 is 0. The molecular formula is C26H48N2O3. The zero-order chi connectivity index (χ0) is 22.2. The van der Waals surface area contributed by atoms with Crippen LogP contribution in [-0.2, 0) is 14.3 Å². The lowest BCUT2D eigenvalue weighted by Crippen LogP contribution is -2.41. The van der Waals surface area contributed by atoms with E-state index in [0.29, 0.717) is 0 Å². The highest BCUT2D eigenvalue weighted by atomic mass is 16.6. The summed E-state index contributed by atoms with van der Waals surface area (Å²) in [4.78, 5) is 26.8. The SMILES string of the molecule is CCCCCCCCCCCCCCCCN1CCC[C@H]1C(=O)OC(=O)C1CCCN1. The fraction of sp³-hybridized carbons (Fsp3) is 0.923. The van der Waals surface area contributed by atoms with Crippen LogP contribution in [0.4, 0.5) is 0 Å². The minimum atomic E-state index is -0.383. The summed E-state index contributed by atoms with van der Waals surface area (Å²) in [6, 6.07) is -0.503. The minimum Gasteiger partial charge on any atom is -0.391 e. The van der Waals surface area contributed by atoms with Gasteiger partial charge in [-0.25, -0.2) is 9.59 Å². The molecule has 2 rings (SSSR count). The summed E-state index contributed by atoms with van der Waals surface area (Å²) in [6.45, 7) is 5.02. The van der Waals surface area contributed by atoms with E-state index >= 15 is 0 Å². The molecule has 180 valence electrons. The third kappa shape index (κ3) is 11.0. The summed E-state index contributed by atoms with van der Waals surface area (Å²) in [5.41, 5.74) is 0. The van der Waals surface area contributed by atoms with Crippen molar-refractivity contribution < 1.29 is 14.3 Å². The number of nitrogens with one attached hydrogen (secondary N) is 1. The maximum absolute atomic E-state index is 12.5. The monoisotopic (exact) mass is 436 g/mol. The van der Waals surface area contributed by atoms with Gasteiger partial charge in [-0.2, -0.15) is 0 Å². The van der Waals surface area contributed by atoms with Gasteiger partial charge < -0.3 is 10.1 Å². The second kappa shape index (κ2) is 16.7. The molecule has 2 aliphatic heterocycles. The van der Waals surface area contributed by atoms with Crippen LogP contribution in [0.5, 0.6) is 0 Å². The maximum atomic E-state index is 12.5. The number of unbranched alkanes of at least 4 members (excludes halogenated alkanes) is 13. The van der Waals surface area contributed by atoms with Crippen LogP contribution >= 0.6 is 0 Å². The van der Waals surface area contributed by atoms with Crippen molar-refractivity contribution in [1.29, 1.82) is 0 Å². The second-order valence-corrected chi connectivity index (χ2v) is 9.68. The molecule has 0 aliphatic carbocycles. The molecule has 1 N–H and O–H groups in total. The van der Waals surface area contributed by atoms with Crippen LogP contribution < -0.4 is 5.32 Å². The first-order chi connectivity index (χ1) is 15.2. The first-order valence-corrected chi connectivity index (χ1v) is 13.5. The molecule has 5 heteroatoms. The van der Waals surface area contributed by atoms with Crippen LogP contribution in [0.3, 0.4) is 0 Å². The zero-order valence-corrected chi connectivity index (χ0v) is 20.2. The average molecular weight is 437 g/mol.